The number of thioether (sulfide) groups is 1. The smallest absolute Gasteiger partial charge is 0.235 e. The first kappa shape index (κ1) is 18.4. The van der Waals surface area contributed by atoms with Gasteiger partial charge in [-0.3, -0.25) is 4.79 Å². The van der Waals surface area contributed by atoms with Gasteiger partial charge >= 0.3 is 0 Å². The molecule has 0 atom stereocenters. The highest BCUT2D eigenvalue weighted by molar-refractivity contribution is 9.09. The van der Waals surface area contributed by atoms with Crippen LogP contribution < -0.4 is 11.1 Å². The maximum atomic E-state index is 11.6. The molecule has 0 unspecified atom stereocenters. The Morgan fingerprint density at radius 3 is 2.65 bits per heavy atom. The van der Waals surface area contributed by atoms with E-state index in [0.717, 1.165) is 21.8 Å². The van der Waals surface area contributed by atoms with E-state index >= 15 is 0 Å². The number of nitrogens with one attached hydrogen (secondary N) is 1. The zero-order chi connectivity index (χ0) is 17.2. The number of alkyl halides is 1. The minimum absolute atomic E-state index is 0.00307. The third-order valence-corrected chi connectivity index (χ3v) is 6.04. The number of amides is 1. The largest absolute Gasteiger partial charge is 0.390 e. The second kappa shape index (κ2) is 7.28. The molecule has 0 aliphatic carbocycles. The molecule has 2 aromatic rings. The molecule has 3 nitrogen and oxygen atoms in total. The van der Waals surface area contributed by atoms with Gasteiger partial charge in [0.15, 0.2) is 0 Å². The van der Waals surface area contributed by atoms with Gasteiger partial charge in [-0.2, -0.15) is 0 Å². The van der Waals surface area contributed by atoms with Gasteiger partial charge in [-0.1, -0.05) is 48.8 Å². The van der Waals surface area contributed by atoms with Crippen molar-refractivity contribution in [3.63, 3.8) is 0 Å². The number of hydrogen-bond donors (Lipinski definition) is 2. The molecule has 0 saturated carbocycles. The predicted molar refractivity (Wildman–Crippen MR) is 107 cm³/mol. The highest BCUT2D eigenvalue weighted by atomic mass is 79.9. The van der Waals surface area contributed by atoms with E-state index in [0.29, 0.717) is 0 Å². The van der Waals surface area contributed by atoms with Crippen LogP contribution in [0.1, 0.15) is 26.3 Å². The van der Waals surface area contributed by atoms with Crippen molar-refractivity contribution in [2.75, 3.05) is 22.6 Å². The van der Waals surface area contributed by atoms with Gasteiger partial charge in [0, 0.05) is 11.3 Å². The topological polar surface area (TPSA) is 55.1 Å². The molecular weight excluding hydrogens is 392 g/mol. The van der Waals surface area contributed by atoms with Gasteiger partial charge in [0.05, 0.1) is 14.5 Å². The summed E-state index contributed by atoms with van der Waals surface area (Å²) in [5.41, 5.74) is 10.5. The fourth-order valence-electron chi connectivity index (χ4n) is 2.49. The maximum Gasteiger partial charge on any atom is 0.235 e. The number of carbonyl (C=O) groups is 1. The second-order valence-corrected chi connectivity index (χ2v) is 8.91. The number of rotatable bonds is 4. The zero-order valence-electron chi connectivity index (χ0n) is 13.7. The van der Waals surface area contributed by atoms with Crippen LogP contribution >= 0.6 is 39.0 Å². The molecule has 0 bridgehead atoms. The summed E-state index contributed by atoms with van der Waals surface area (Å²) in [6, 6.07) is 7.86. The van der Waals surface area contributed by atoms with E-state index in [1.165, 1.54) is 9.77 Å². The highest BCUT2D eigenvalue weighted by Gasteiger charge is 2.27. The molecule has 1 amide bonds. The Labute approximate surface area is 154 Å². The van der Waals surface area contributed by atoms with Crippen molar-refractivity contribution in [3.05, 3.63) is 29.8 Å². The van der Waals surface area contributed by atoms with Crippen LogP contribution in [0.15, 0.2) is 28.5 Å². The molecule has 23 heavy (non-hydrogen) atoms. The van der Waals surface area contributed by atoms with Gasteiger partial charge in [0.1, 0.15) is 0 Å². The minimum Gasteiger partial charge on any atom is -0.390 e. The molecule has 0 aliphatic rings. The van der Waals surface area contributed by atoms with E-state index in [9.17, 15) is 4.79 Å². The van der Waals surface area contributed by atoms with Gasteiger partial charge in [-0.25, -0.2) is 0 Å². The average molecular weight is 413 g/mol. The Bertz CT molecular complexity index is 720. The van der Waals surface area contributed by atoms with Gasteiger partial charge in [-0.05, 0) is 34.9 Å². The molecular formula is C17H21BrN2OS2. The summed E-state index contributed by atoms with van der Waals surface area (Å²) in [6.07, 6.45) is 2.08. The monoisotopic (exact) mass is 412 g/mol. The van der Waals surface area contributed by atoms with Crippen molar-refractivity contribution in [2.45, 2.75) is 30.4 Å². The Kier molecular flexibility index (Phi) is 5.81. The quantitative estimate of drug-likeness (QED) is 0.525. The van der Waals surface area contributed by atoms with Crippen LogP contribution in [-0.4, -0.2) is 17.5 Å². The molecule has 6 heteroatoms. The van der Waals surface area contributed by atoms with Crippen LogP contribution in [0.3, 0.4) is 0 Å². The first-order chi connectivity index (χ1) is 10.8. The Morgan fingerprint density at radius 1 is 1.39 bits per heavy atom. The number of benzene rings is 1. The summed E-state index contributed by atoms with van der Waals surface area (Å²) < 4.78 is 1.25. The molecule has 3 N–H and O–H groups in total. The highest BCUT2D eigenvalue weighted by Crippen LogP contribution is 2.48. The molecule has 1 aromatic heterocycles. The number of thiophene rings is 1. The van der Waals surface area contributed by atoms with E-state index in [4.69, 9.17) is 5.73 Å². The van der Waals surface area contributed by atoms with Crippen LogP contribution in [0.4, 0.5) is 10.7 Å². The number of nitrogens with two attached hydrogens (primary N) is 1. The summed E-state index contributed by atoms with van der Waals surface area (Å²) in [7, 11) is 0. The third-order valence-electron chi connectivity index (χ3n) is 3.39. The van der Waals surface area contributed by atoms with Crippen molar-refractivity contribution in [2.24, 2.45) is 0 Å². The molecule has 0 radical (unpaired) electrons. The van der Waals surface area contributed by atoms with E-state index < -0.39 is 0 Å². The number of halogens is 1. The molecule has 0 saturated heterocycles. The average Bonchev–Trinajstić information content (AvgIpc) is 2.84. The zero-order valence-corrected chi connectivity index (χ0v) is 16.9. The summed E-state index contributed by atoms with van der Waals surface area (Å²) in [5.74, 6) is -0.0683. The number of nitrogen functional groups attached to an aromatic ring is 1. The normalized spacial score (nSPS) is 11.5. The van der Waals surface area contributed by atoms with E-state index in [1.54, 1.807) is 23.1 Å². The van der Waals surface area contributed by atoms with Crippen LogP contribution in [0.25, 0.3) is 11.1 Å². The molecule has 0 spiro atoms. The van der Waals surface area contributed by atoms with E-state index in [2.05, 4.69) is 48.3 Å². The Balaban J connectivity index is 2.56. The fraction of sp³-hybridized carbons (Fsp3) is 0.353. The lowest BCUT2D eigenvalue weighted by atomic mass is 9.84. The molecule has 1 aromatic carbocycles. The van der Waals surface area contributed by atoms with Crippen LogP contribution in [0.2, 0.25) is 0 Å². The Hall–Kier alpha value is -0.980. The van der Waals surface area contributed by atoms with Crippen LogP contribution in [0, 0.1) is 0 Å². The molecule has 1 heterocycles. The standard InChI is InChI=1S/C17H21BrN2OS2/c1-17(2,3)14-13(15(19)23-16(14)22-4)10-6-5-7-11(8-10)20-12(21)9-18/h5-8H,9,19H2,1-4H3,(H,20,21). The second-order valence-electron chi connectivity index (χ2n) is 6.22. The molecule has 0 aliphatic heterocycles. The third kappa shape index (κ3) is 4.11. The van der Waals surface area contributed by atoms with E-state index in [1.807, 2.05) is 24.3 Å². The van der Waals surface area contributed by atoms with Crippen molar-refractivity contribution < 1.29 is 4.79 Å². The van der Waals surface area contributed by atoms with Crippen molar-refractivity contribution in [1.82, 2.24) is 0 Å². The lowest BCUT2D eigenvalue weighted by Gasteiger charge is -2.22. The molecule has 0 fully saturated rings. The Morgan fingerprint density at radius 2 is 2.09 bits per heavy atom. The van der Waals surface area contributed by atoms with Crippen LogP contribution in [0.5, 0.6) is 0 Å². The van der Waals surface area contributed by atoms with Gasteiger partial charge < -0.3 is 11.1 Å². The molecule has 2 rings (SSSR count). The first-order valence-electron chi connectivity index (χ1n) is 7.21. The van der Waals surface area contributed by atoms with Crippen molar-refractivity contribution >= 4 is 55.6 Å². The van der Waals surface area contributed by atoms with Gasteiger partial charge in [-0.15, -0.1) is 23.1 Å². The first-order valence-corrected chi connectivity index (χ1v) is 10.4. The number of anilines is 2. The maximum absolute atomic E-state index is 11.6. The number of hydrogen-bond acceptors (Lipinski definition) is 4. The summed E-state index contributed by atoms with van der Waals surface area (Å²) >= 11 is 6.53. The summed E-state index contributed by atoms with van der Waals surface area (Å²) in [6.45, 7) is 6.61. The van der Waals surface area contributed by atoms with E-state index in [-0.39, 0.29) is 16.7 Å². The van der Waals surface area contributed by atoms with Gasteiger partial charge in [0.2, 0.25) is 5.91 Å². The lowest BCUT2D eigenvalue weighted by molar-refractivity contribution is -0.113. The van der Waals surface area contributed by atoms with Crippen molar-refractivity contribution in [1.29, 1.82) is 0 Å². The predicted octanol–water partition coefficient (Wildman–Crippen LogP) is 5.35. The fourth-order valence-corrected chi connectivity index (χ4v) is 4.87. The lowest BCUT2D eigenvalue weighted by Crippen LogP contribution is -2.13. The number of carbonyl (C=O) groups excluding carboxylic acids is 1. The van der Waals surface area contributed by atoms with Crippen LogP contribution in [-0.2, 0) is 10.2 Å². The minimum atomic E-state index is -0.0683. The molecule has 124 valence electrons. The SMILES string of the molecule is CSc1sc(N)c(-c2cccc(NC(=O)CBr)c2)c1C(C)(C)C. The summed E-state index contributed by atoms with van der Waals surface area (Å²) in [5, 5.41) is 3.97. The van der Waals surface area contributed by atoms with Gasteiger partial charge in [0.25, 0.3) is 0 Å². The summed E-state index contributed by atoms with van der Waals surface area (Å²) in [4.78, 5) is 11.6. The van der Waals surface area contributed by atoms with Crippen molar-refractivity contribution in [3.8, 4) is 11.1 Å².